The number of carbonyl (C=O) groups excluding carboxylic acids is 2. The summed E-state index contributed by atoms with van der Waals surface area (Å²) < 4.78 is 10.8. The lowest BCUT2D eigenvalue weighted by molar-refractivity contribution is -0.129. The van der Waals surface area contributed by atoms with Crippen molar-refractivity contribution in [2.75, 3.05) is 41.4 Å². The number of aromatic nitrogens is 1. The van der Waals surface area contributed by atoms with E-state index in [1.54, 1.807) is 25.1 Å². The van der Waals surface area contributed by atoms with Crippen LogP contribution >= 0.6 is 11.3 Å². The van der Waals surface area contributed by atoms with Gasteiger partial charge in [0.05, 0.1) is 36.4 Å². The number of likely N-dealkylation sites (N-methyl/N-ethyl adjacent to an activating group) is 1. The smallest absolute Gasteiger partial charge is 0.290 e. The summed E-state index contributed by atoms with van der Waals surface area (Å²) >= 11 is 1.25. The topological polar surface area (TPSA) is 92.2 Å². The monoisotopic (exact) mass is 507 g/mol. The number of thiazole rings is 1. The Morgan fingerprint density at radius 1 is 1.11 bits per heavy atom. The first-order chi connectivity index (χ1) is 17.3. The molecule has 2 aromatic carbocycles. The molecular formula is C27H29N3O5S. The van der Waals surface area contributed by atoms with Crippen LogP contribution in [0.1, 0.15) is 27.0 Å². The van der Waals surface area contributed by atoms with Crippen LogP contribution in [0.25, 0.3) is 10.6 Å². The Kier molecular flexibility index (Phi) is 7.42. The Morgan fingerprint density at radius 3 is 2.44 bits per heavy atom. The maximum atomic E-state index is 13.9. The van der Waals surface area contributed by atoms with Crippen molar-refractivity contribution in [2.45, 2.75) is 13.0 Å². The van der Waals surface area contributed by atoms with Crippen molar-refractivity contribution in [3.8, 4) is 22.1 Å². The first-order valence-electron chi connectivity index (χ1n) is 11.4. The van der Waals surface area contributed by atoms with Gasteiger partial charge in [0.25, 0.3) is 5.91 Å². The number of hydrogen-bond donors (Lipinski definition) is 1. The Hall–Kier alpha value is -3.69. The van der Waals surface area contributed by atoms with Gasteiger partial charge in [0, 0.05) is 18.7 Å². The fourth-order valence-corrected chi connectivity index (χ4v) is 5.25. The van der Waals surface area contributed by atoms with Gasteiger partial charge in [0.15, 0.2) is 17.3 Å². The van der Waals surface area contributed by atoms with E-state index in [9.17, 15) is 14.7 Å². The molecule has 1 aliphatic rings. The van der Waals surface area contributed by atoms with Crippen molar-refractivity contribution in [3.05, 3.63) is 76.0 Å². The summed E-state index contributed by atoms with van der Waals surface area (Å²) in [7, 11) is 6.86. The lowest BCUT2D eigenvalue weighted by atomic mass is 9.94. The molecule has 1 amide bonds. The minimum absolute atomic E-state index is 0.0392. The number of nitrogens with zero attached hydrogens (tertiary/aromatic N) is 3. The zero-order chi connectivity index (χ0) is 26.0. The van der Waals surface area contributed by atoms with E-state index in [2.05, 4.69) is 4.98 Å². The highest BCUT2D eigenvalue weighted by Gasteiger charge is 2.44. The molecule has 0 saturated carbocycles. The van der Waals surface area contributed by atoms with Gasteiger partial charge in [0.1, 0.15) is 5.01 Å². The minimum Gasteiger partial charge on any atom is -0.503 e. The fraction of sp³-hybridized carbons (Fsp3) is 0.296. The zero-order valence-electron chi connectivity index (χ0n) is 20.9. The summed E-state index contributed by atoms with van der Waals surface area (Å²) in [6.45, 7) is 2.64. The molecule has 0 unspecified atom stereocenters. The van der Waals surface area contributed by atoms with Gasteiger partial charge in [-0.15, -0.1) is 11.3 Å². The molecule has 3 aromatic rings. The van der Waals surface area contributed by atoms with E-state index in [-0.39, 0.29) is 5.57 Å². The predicted molar refractivity (Wildman–Crippen MR) is 139 cm³/mol. The van der Waals surface area contributed by atoms with Crippen LogP contribution in [0.5, 0.6) is 11.5 Å². The maximum absolute atomic E-state index is 13.9. The average Bonchev–Trinajstić information content (AvgIpc) is 3.39. The third-order valence-corrected chi connectivity index (χ3v) is 7.29. The SMILES string of the molecule is COc1ccc([C@H]2C(C(=O)c3sc(-c4ccccc4)nc3C)=C(O)C(=O)N2CCN(C)C)cc1OC. The van der Waals surface area contributed by atoms with Crippen molar-refractivity contribution >= 4 is 23.0 Å². The van der Waals surface area contributed by atoms with Gasteiger partial charge in [0.2, 0.25) is 5.78 Å². The highest BCUT2D eigenvalue weighted by molar-refractivity contribution is 7.17. The van der Waals surface area contributed by atoms with Gasteiger partial charge in [-0.2, -0.15) is 0 Å². The van der Waals surface area contributed by atoms with Crippen molar-refractivity contribution in [1.82, 2.24) is 14.8 Å². The van der Waals surface area contributed by atoms with Crippen LogP contribution in [-0.2, 0) is 4.79 Å². The maximum Gasteiger partial charge on any atom is 0.290 e. The number of benzene rings is 2. The number of hydrogen-bond acceptors (Lipinski definition) is 8. The summed E-state index contributed by atoms with van der Waals surface area (Å²) in [5.74, 6) is -0.533. The summed E-state index contributed by atoms with van der Waals surface area (Å²) in [5.41, 5.74) is 2.12. The van der Waals surface area contributed by atoms with Crippen LogP contribution in [0.2, 0.25) is 0 Å². The van der Waals surface area contributed by atoms with Crippen molar-refractivity contribution < 1.29 is 24.2 Å². The quantitative estimate of drug-likeness (QED) is 0.432. The van der Waals surface area contributed by atoms with Crippen molar-refractivity contribution in [2.24, 2.45) is 0 Å². The van der Waals surface area contributed by atoms with E-state index >= 15 is 0 Å². The molecule has 1 atom stereocenters. The number of aliphatic hydroxyl groups excluding tert-OH is 1. The van der Waals surface area contributed by atoms with Crippen LogP contribution < -0.4 is 9.47 Å². The molecule has 0 fully saturated rings. The molecule has 188 valence electrons. The standard InChI is InChI=1S/C27H29N3O5S/c1-16-25(36-26(28-16)17-9-7-6-8-10-17)23(31)21-22(18-11-12-19(34-4)20(15-18)35-5)30(14-13-29(2)3)27(33)24(21)32/h6-12,15,22,32H,13-14H2,1-5H3/t22-/m0/s1. The van der Waals surface area contributed by atoms with Crippen LogP contribution in [0, 0.1) is 6.92 Å². The molecule has 8 nitrogen and oxygen atoms in total. The number of rotatable bonds is 9. The normalized spacial score (nSPS) is 15.7. The molecular weight excluding hydrogens is 478 g/mol. The van der Waals surface area contributed by atoms with Crippen LogP contribution in [0.4, 0.5) is 0 Å². The fourth-order valence-electron chi connectivity index (χ4n) is 4.23. The molecule has 4 rings (SSSR count). The van der Waals surface area contributed by atoms with E-state index in [0.717, 1.165) is 5.56 Å². The highest BCUT2D eigenvalue weighted by Crippen LogP contribution is 2.43. The summed E-state index contributed by atoms with van der Waals surface area (Å²) in [5, 5.41) is 11.7. The van der Waals surface area contributed by atoms with Crippen LogP contribution in [-0.4, -0.2) is 73.0 Å². The summed E-state index contributed by atoms with van der Waals surface area (Å²) in [4.78, 5) is 35.6. The van der Waals surface area contributed by atoms with E-state index in [0.29, 0.717) is 45.7 Å². The average molecular weight is 508 g/mol. The van der Waals surface area contributed by atoms with E-state index < -0.39 is 23.5 Å². The molecule has 0 radical (unpaired) electrons. The van der Waals surface area contributed by atoms with Gasteiger partial charge in [-0.25, -0.2) is 4.98 Å². The van der Waals surface area contributed by atoms with E-state index in [1.807, 2.05) is 49.3 Å². The van der Waals surface area contributed by atoms with Crippen molar-refractivity contribution in [1.29, 1.82) is 0 Å². The molecule has 0 saturated heterocycles. The number of ether oxygens (including phenoxy) is 2. The largest absolute Gasteiger partial charge is 0.503 e. The van der Waals surface area contributed by atoms with E-state index in [1.165, 1.54) is 30.5 Å². The Labute approximate surface area is 214 Å². The Morgan fingerprint density at radius 2 is 1.81 bits per heavy atom. The molecule has 0 spiro atoms. The van der Waals surface area contributed by atoms with Crippen LogP contribution in [0.3, 0.4) is 0 Å². The third kappa shape index (κ3) is 4.72. The number of Topliss-reactive ketones (excluding diaryl/α,β-unsaturated/α-hetero) is 1. The van der Waals surface area contributed by atoms with Gasteiger partial charge < -0.3 is 24.4 Å². The number of aryl methyl sites for hydroxylation is 1. The van der Waals surface area contributed by atoms with Gasteiger partial charge >= 0.3 is 0 Å². The minimum atomic E-state index is -0.786. The molecule has 2 heterocycles. The number of carbonyl (C=O) groups is 2. The van der Waals surface area contributed by atoms with Crippen LogP contribution in [0.15, 0.2) is 59.9 Å². The molecule has 1 aromatic heterocycles. The predicted octanol–water partition coefficient (Wildman–Crippen LogP) is 4.28. The molecule has 9 heteroatoms. The van der Waals surface area contributed by atoms with E-state index in [4.69, 9.17) is 9.47 Å². The molecule has 36 heavy (non-hydrogen) atoms. The number of ketones is 1. The second kappa shape index (κ2) is 10.5. The van der Waals surface area contributed by atoms with Gasteiger partial charge in [-0.3, -0.25) is 9.59 Å². The second-order valence-electron chi connectivity index (χ2n) is 8.71. The molecule has 0 bridgehead atoms. The van der Waals surface area contributed by atoms with Gasteiger partial charge in [-0.1, -0.05) is 36.4 Å². The molecule has 0 aliphatic carbocycles. The molecule has 1 N–H and O–H groups in total. The number of methoxy groups -OCH3 is 2. The second-order valence-corrected chi connectivity index (χ2v) is 9.71. The number of amides is 1. The zero-order valence-corrected chi connectivity index (χ0v) is 21.8. The Bertz CT molecular complexity index is 1320. The third-order valence-electron chi connectivity index (χ3n) is 6.08. The number of aliphatic hydroxyl groups is 1. The lowest BCUT2D eigenvalue weighted by Gasteiger charge is -2.28. The highest BCUT2D eigenvalue weighted by atomic mass is 32.1. The van der Waals surface area contributed by atoms with Gasteiger partial charge in [-0.05, 0) is 38.7 Å². The lowest BCUT2D eigenvalue weighted by Crippen LogP contribution is -2.36. The Balaban J connectivity index is 1.80. The summed E-state index contributed by atoms with van der Waals surface area (Å²) in [6.07, 6.45) is 0. The summed E-state index contributed by atoms with van der Waals surface area (Å²) in [6, 6.07) is 14.1. The van der Waals surface area contributed by atoms with Crippen molar-refractivity contribution in [3.63, 3.8) is 0 Å². The molecule has 1 aliphatic heterocycles. The first kappa shape index (κ1) is 25.4. The first-order valence-corrected chi connectivity index (χ1v) is 12.3.